The van der Waals surface area contributed by atoms with Gasteiger partial charge >= 0.3 is 0 Å². The summed E-state index contributed by atoms with van der Waals surface area (Å²) >= 11 is 3.16. The van der Waals surface area contributed by atoms with Crippen molar-refractivity contribution in [1.82, 2.24) is 9.97 Å². The highest BCUT2D eigenvalue weighted by atomic mass is 79.9. The zero-order valence-electron chi connectivity index (χ0n) is 11.0. The minimum atomic E-state index is -0.263. The number of nitrogens with zero attached hydrogens (tertiary/aromatic N) is 1. The van der Waals surface area contributed by atoms with Gasteiger partial charge in [-0.1, -0.05) is 19.9 Å². The largest absolute Gasteiger partial charge is 0.438 e. The number of aromatic amines is 1. The summed E-state index contributed by atoms with van der Waals surface area (Å²) in [6.07, 6.45) is 1.32. The Labute approximate surface area is 120 Å². The number of H-pyrrole nitrogens is 1. The number of halogens is 1. The van der Waals surface area contributed by atoms with Gasteiger partial charge in [-0.05, 0) is 52.0 Å². The number of rotatable bonds is 3. The van der Waals surface area contributed by atoms with Gasteiger partial charge in [-0.25, -0.2) is 4.98 Å². The van der Waals surface area contributed by atoms with Crippen LogP contribution < -0.4 is 10.3 Å². The fraction of sp³-hybridized carbons (Fsp3) is 0.286. The second kappa shape index (κ2) is 5.57. The van der Waals surface area contributed by atoms with Gasteiger partial charge in [0.1, 0.15) is 10.2 Å². The van der Waals surface area contributed by atoms with E-state index in [4.69, 9.17) is 4.74 Å². The third-order valence-electron chi connectivity index (χ3n) is 2.84. The van der Waals surface area contributed by atoms with Crippen LogP contribution in [0.2, 0.25) is 0 Å². The Balaban J connectivity index is 2.32. The minimum absolute atomic E-state index is 0.263. The Kier molecular flexibility index (Phi) is 4.04. The average Bonchev–Trinajstić information content (AvgIpc) is 2.34. The first-order chi connectivity index (χ1) is 8.99. The van der Waals surface area contributed by atoms with Crippen LogP contribution in [0.5, 0.6) is 11.6 Å². The Morgan fingerprint density at radius 3 is 2.74 bits per heavy atom. The number of ether oxygens (including phenoxy) is 1. The van der Waals surface area contributed by atoms with E-state index in [0.29, 0.717) is 16.1 Å². The van der Waals surface area contributed by atoms with Gasteiger partial charge in [-0.15, -0.1) is 0 Å². The maximum Gasteiger partial charge on any atom is 0.268 e. The highest BCUT2D eigenvalue weighted by Crippen LogP contribution is 2.28. The van der Waals surface area contributed by atoms with E-state index in [1.165, 1.54) is 11.9 Å². The van der Waals surface area contributed by atoms with E-state index in [1.807, 2.05) is 25.1 Å². The number of aryl methyl sites for hydroxylation is 1. The van der Waals surface area contributed by atoms with E-state index >= 15 is 0 Å². The number of nitrogens with one attached hydrogen (secondary N) is 1. The predicted molar refractivity (Wildman–Crippen MR) is 77.9 cm³/mol. The van der Waals surface area contributed by atoms with E-state index in [2.05, 4.69) is 39.7 Å². The summed E-state index contributed by atoms with van der Waals surface area (Å²) in [5.41, 5.74) is 2.18. The van der Waals surface area contributed by atoms with E-state index in [9.17, 15) is 4.79 Å². The average molecular weight is 323 g/mol. The van der Waals surface area contributed by atoms with Crippen molar-refractivity contribution >= 4 is 15.9 Å². The third kappa shape index (κ3) is 3.04. The second-order valence-electron chi connectivity index (χ2n) is 4.63. The van der Waals surface area contributed by atoms with Crippen LogP contribution in [0.4, 0.5) is 0 Å². The van der Waals surface area contributed by atoms with Crippen LogP contribution in [0.3, 0.4) is 0 Å². The maximum absolute atomic E-state index is 11.4. The molecule has 2 aromatic rings. The van der Waals surface area contributed by atoms with E-state index in [-0.39, 0.29) is 11.4 Å². The van der Waals surface area contributed by atoms with Crippen LogP contribution in [-0.2, 0) is 0 Å². The predicted octanol–water partition coefficient (Wildman–Crippen LogP) is 3.76. The van der Waals surface area contributed by atoms with Crippen molar-refractivity contribution in [3.8, 4) is 11.6 Å². The molecule has 4 nitrogen and oxygen atoms in total. The van der Waals surface area contributed by atoms with Gasteiger partial charge in [-0.2, -0.15) is 0 Å². The number of hydrogen-bond acceptors (Lipinski definition) is 3. The normalized spacial score (nSPS) is 10.8. The lowest BCUT2D eigenvalue weighted by molar-refractivity contribution is 0.456. The zero-order chi connectivity index (χ0) is 14.0. The van der Waals surface area contributed by atoms with Crippen molar-refractivity contribution in [2.24, 2.45) is 0 Å². The Bertz CT molecular complexity index is 650. The summed E-state index contributed by atoms with van der Waals surface area (Å²) < 4.78 is 5.92. The first-order valence-corrected chi connectivity index (χ1v) is 6.80. The number of hydrogen-bond donors (Lipinski definition) is 1. The summed E-state index contributed by atoms with van der Waals surface area (Å²) in [6.45, 7) is 6.35. The third-order valence-corrected chi connectivity index (χ3v) is 3.54. The molecule has 0 aliphatic rings. The maximum atomic E-state index is 11.4. The quantitative estimate of drug-likeness (QED) is 0.936. The summed E-state index contributed by atoms with van der Waals surface area (Å²) in [5.74, 6) is 1.40. The molecule has 0 amide bonds. The molecule has 0 spiro atoms. The highest BCUT2D eigenvalue weighted by molar-refractivity contribution is 9.10. The molecular weight excluding hydrogens is 308 g/mol. The SMILES string of the molecule is Cc1cc(Oc2nc[nH]c(=O)c2Br)ccc1C(C)C. The van der Waals surface area contributed by atoms with Crippen molar-refractivity contribution < 1.29 is 4.74 Å². The molecule has 1 aromatic carbocycles. The van der Waals surface area contributed by atoms with Crippen LogP contribution >= 0.6 is 15.9 Å². The fourth-order valence-corrected chi connectivity index (χ4v) is 2.21. The summed E-state index contributed by atoms with van der Waals surface area (Å²) in [5, 5.41) is 0. The summed E-state index contributed by atoms with van der Waals surface area (Å²) in [6, 6.07) is 5.87. The zero-order valence-corrected chi connectivity index (χ0v) is 12.6. The van der Waals surface area contributed by atoms with Gasteiger partial charge in [0.25, 0.3) is 5.56 Å². The van der Waals surface area contributed by atoms with E-state index in [0.717, 1.165) is 5.56 Å². The van der Waals surface area contributed by atoms with Crippen LogP contribution in [0.15, 0.2) is 33.8 Å². The lowest BCUT2D eigenvalue weighted by atomic mass is 9.98. The van der Waals surface area contributed by atoms with Crippen LogP contribution in [0, 0.1) is 6.92 Å². The first kappa shape index (κ1) is 13.8. The monoisotopic (exact) mass is 322 g/mol. The standard InChI is InChI=1S/C14H15BrN2O2/c1-8(2)11-5-4-10(6-9(11)3)19-14-12(15)13(18)16-7-17-14/h4-8H,1-3H3,(H,16,17,18). The van der Waals surface area contributed by atoms with Gasteiger partial charge in [-0.3, -0.25) is 4.79 Å². The molecule has 1 heterocycles. The Hall–Kier alpha value is -1.62. The second-order valence-corrected chi connectivity index (χ2v) is 5.42. The molecule has 0 unspecified atom stereocenters. The fourth-order valence-electron chi connectivity index (χ4n) is 1.91. The summed E-state index contributed by atoms with van der Waals surface area (Å²) in [4.78, 5) is 17.9. The molecule has 0 saturated heterocycles. The van der Waals surface area contributed by atoms with Gasteiger partial charge in [0.2, 0.25) is 5.88 Å². The van der Waals surface area contributed by atoms with Crippen molar-refractivity contribution in [2.75, 3.05) is 0 Å². The molecular formula is C14H15BrN2O2. The smallest absolute Gasteiger partial charge is 0.268 e. The van der Waals surface area contributed by atoms with Gasteiger partial charge in [0, 0.05) is 0 Å². The van der Waals surface area contributed by atoms with Crippen molar-refractivity contribution in [2.45, 2.75) is 26.7 Å². The molecule has 100 valence electrons. The molecule has 0 atom stereocenters. The van der Waals surface area contributed by atoms with Gasteiger partial charge < -0.3 is 9.72 Å². The minimum Gasteiger partial charge on any atom is -0.438 e. The molecule has 5 heteroatoms. The molecule has 0 radical (unpaired) electrons. The molecule has 0 aliphatic heterocycles. The molecule has 1 N–H and O–H groups in total. The van der Waals surface area contributed by atoms with Crippen molar-refractivity contribution in [3.63, 3.8) is 0 Å². The van der Waals surface area contributed by atoms with Crippen molar-refractivity contribution in [1.29, 1.82) is 0 Å². The highest BCUT2D eigenvalue weighted by Gasteiger charge is 2.09. The lowest BCUT2D eigenvalue weighted by Gasteiger charge is -2.12. The van der Waals surface area contributed by atoms with Gasteiger partial charge in [0.05, 0.1) is 6.33 Å². The Morgan fingerprint density at radius 1 is 1.37 bits per heavy atom. The number of benzene rings is 1. The van der Waals surface area contributed by atoms with Crippen molar-refractivity contribution in [3.05, 3.63) is 50.5 Å². The van der Waals surface area contributed by atoms with E-state index < -0.39 is 0 Å². The molecule has 2 rings (SSSR count). The molecule has 0 bridgehead atoms. The molecule has 19 heavy (non-hydrogen) atoms. The van der Waals surface area contributed by atoms with Crippen LogP contribution in [-0.4, -0.2) is 9.97 Å². The molecule has 0 fully saturated rings. The van der Waals surface area contributed by atoms with E-state index in [1.54, 1.807) is 0 Å². The summed E-state index contributed by atoms with van der Waals surface area (Å²) in [7, 11) is 0. The Morgan fingerprint density at radius 2 is 2.11 bits per heavy atom. The first-order valence-electron chi connectivity index (χ1n) is 6.00. The topological polar surface area (TPSA) is 55.0 Å². The molecule has 0 aliphatic carbocycles. The lowest BCUT2D eigenvalue weighted by Crippen LogP contribution is -2.08. The van der Waals surface area contributed by atoms with Crippen LogP contribution in [0.1, 0.15) is 30.9 Å². The molecule has 0 saturated carbocycles. The number of aromatic nitrogens is 2. The van der Waals surface area contributed by atoms with Gasteiger partial charge in [0.15, 0.2) is 0 Å². The molecule has 1 aromatic heterocycles. The van der Waals surface area contributed by atoms with Crippen LogP contribution in [0.25, 0.3) is 0 Å².